The maximum atomic E-state index is 10.5. The zero-order valence-corrected chi connectivity index (χ0v) is 9.12. The minimum atomic E-state index is -0.449. The number of nitro benzene ring substituents is 1. The Morgan fingerprint density at radius 3 is 2.53 bits per heavy atom. The molecule has 0 radical (unpaired) electrons. The number of hydrogen-bond donors (Lipinski definition) is 2. The van der Waals surface area contributed by atoms with Crippen LogP contribution in [0.4, 0.5) is 5.69 Å². The number of rotatable bonds is 3. The minimum Gasteiger partial charge on any atom is -0.322 e. The summed E-state index contributed by atoms with van der Waals surface area (Å²) in [5.74, 6) is 1.06. The van der Waals surface area contributed by atoms with Gasteiger partial charge in [-0.3, -0.25) is 15.2 Å². The Morgan fingerprint density at radius 2 is 2.06 bits per heavy atom. The van der Waals surface area contributed by atoms with Gasteiger partial charge in [-0.15, -0.1) is 0 Å². The Kier molecular flexibility index (Phi) is 2.84. The molecule has 0 fully saturated rings. The smallest absolute Gasteiger partial charge is 0.269 e. The van der Waals surface area contributed by atoms with E-state index in [4.69, 9.17) is 5.73 Å². The first-order chi connectivity index (χ1) is 8.08. The molecule has 7 nitrogen and oxygen atoms in total. The number of aromatic nitrogens is 3. The average Bonchev–Trinajstić information content (AvgIpc) is 2.78. The van der Waals surface area contributed by atoms with Crippen molar-refractivity contribution in [2.45, 2.75) is 13.0 Å². The van der Waals surface area contributed by atoms with Crippen LogP contribution in [0.3, 0.4) is 0 Å². The van der Waals surface area contributed by atoms with Gasteiger partial charge >= 0.3 is 0 Å². The van der Waals surface area contributed by atoms with Crippen LogP contribution in [0.25, 0.3) is 11.4 Å². The SMILES string of the molecule is C[C@@H](N)c1nc(-c2ccc([N+](=O)[O-])cc2)n[nH]1. The van der Waals surface area contributed by atoms with Crippen LogP contribution in [0.15, 0.2) is 24.3 Å². The summed E-state index contributed by atoms with van der Waals surface area (Å²) in [4.78, 5) is 14.2. The van der Waals surface area contributed by atoms with Crippen molar-refractivity contribution in [1.29, 1.82) is 0 Å². The van der Waals surface area contributed by atoms with Crippen LogP contribution < -0.4 is 5.73 Å². The number of nitrogens with zero attached hydrogens (tertiary/aromatic N) is 3. The van der Waals surface area contributed by atoms with Crippen LogP contribution in [0.5, 0.6) is 0 Å². The van der Waals surface area contributed by atoms with E-state index in [1.54, 1.807) is 19.1 Å². The molecule has 1 aromatic heterocycles. The third-order valence-electron chi connectivity index (χ3n) is 2.27. The van der Waals surface area contributed by atoms with E-state index < -0.39 is 4.92 Å². The molecule has 0 bridgehead atoms. The van der Waals surface area contributed by atoms with Crippen LogP contribution in [0.1, 0.15) is 18.8 Å². The van der Waals surface area contributed by atoms with Crippen molar-refractivity contribution in [1.82, 2.24) is 15.2 Å². The Hall–Kier alpha value is -2.28. The van der Waals surface area contributed by atoms with Gasteiger partial charge in [0.05, 0.1) is 11.0 Å². The van der Waals surface area contributed by atoms with Gasteiger partial charge in [0.15, 0.2) is 5.82 Å². The third-order valence-corrected chi connectivity index (χ3v) is 2.27. The molecule has 2 aromatic rings. The lowest BCUT2D eigenvalue weighted by Gasteiger charge is -1.96. The van der Waals surface area contributed by atoms with Gasteiger partial charge < -0.3 is 5.73 Å². The minimum absolute atomic E-state index is 0.0386. The molecule has 1 heterocycles. The topological polar surface area (TPSA) is 111 Å². The molecule has 88 valence electrons. The van der Waals surface area contributed by atoms with Crippen LogP contribution in [0, 0.1) is 10.1 Å². The van der Waals surface area contributed by atoms with Gasteiger partial charge in [0, 0.05) is 17.7 Å². The van der Waals surface area contributed by atoms with Gasteiger partial charge in [0.1, 0.15) is 5.82 Å². The second-order valence-corrected chi connectivity index (χ2v) is 3.64. The largest absolute Gasteiger partial charge is 0.322 e. The van der Waals surface area contributed by atoms with E-state index in [1.165, 1.54) is 12.1 Å². The molecule has 0 unspecified atom stereocenters. The molecule has 7 heteroatoms. The maximum absolute atomic E-state index is 10.5. The summed E-state index contributed by atoms with van der Waals surface area (Å²) < 4.78 is 0. The number of nitrogens with one attached hydrogen (secondary N) is 1. The fourth-order valence-electron chi connectivity index (χ4n) is 1.34. The van der Waals surface area contributed by atoms with E-state index in [1.807, 2.05) is 0 Å². The number of H-pyrrole nitrogens is 1. The highest BCUT2D eigenvalue weighted by molar-refractivity contribution is 5.56. The normalized spacial score (nSPS) is 12.4. The lowest BCUT2D eigenvalue weighted by Crippen LogP contribution is -2.06. The third kappa shape index (κ3) is 2.28. The van der Waals surface area contributed by atoms with Crippen molar-refractivity contribution in [3.05, 3.63) is 40.2 Å². The molecular formula is C10H11N5O2. The first kappa shape index (κ1) is 11.2. The molecule has 17 heavy (non-hydrogen) atoms. The molecule has 1 aromatic carbocycles. The molecule has 0 amide bonds. The quantitative estimate of drug-likeness (QED) is 0.614. The number of nitro groups is 1. The molecule has 0 aliphatic carbocycles. The van der Waals surface area contributed by atoms with Gasteiger partial charge in [-0.1, -0.05) is 0 Å². The van der Waals surface area contributed by atoms with E-state index >= 15 is 0 Å². The van der Waals surface area contributed by atoms with Gasteiger partial charge in [0.2, 0.25) is 0 Å². The zero-order chi connectivity index (χ0) is 12.4. The van der Waals surface area contributed by atoms with E-state index in [9.17, 15) is 10.1 Å². The average molecular weight is 233 g/mol. The van der Waals surface area contributed by atoms with Crippen LogP contribution >= 0.6 is 0 Å². The summed E-state index contributed by atoms with van der Waals surface area (Å²) in [7, 11) is 0. The second kappa shape index (κ2) is 4.30. The number of non-ortho nitro benzene ring substituents is 1. The summed E-state index contributed by atoms with van der Waals surface area (Å²) in [6.45, 7) is 1.79. The second-order valence-electron chi connectivity index (χ2n) is 3.64. The van der Waals surface area contributed by atoms with E-state index in [2.05, 4.69) is 15.2 Å². The zero-order valence-electron chi connectivity index (χ0n) is 9.12. The number of hydrogen-bond acceptors (Lipinski definition) is 5. The monoisotopic (exact) mass is 233 g/mol. The summed E-state index contributed by atoms with van der Waals surface area (Å²) in [6.07, 6.45) is 0. The molecule has 0 aliphatic rings. The molecule has 0 saturated carbocycles. The summed E-state index contributed by atoms with van der Waals surface area (Å²) in [6, 6.07) is 5.81. The molecular weight excluding hydrogens is 222 g/mol. The van der Waals surface area contributed by atoms with Crippen molar-refractivity contribution in [3.63, 3.8) is 0 Å². The molecule has 0 saturated heterocycles. The van der Waals surface area contributed by atoms with Crippen molar-refractivity contribution in [3.8, 4) is 11.4 Å². The first-order valence-corrected chi connectivity index (χ1v) is 5.00. The van der Waals surface area contributed by atoms with Crippen molar-refractivity contribution < 1.29 is 4.92 Å². The van der Waals surface area contributed by atoms with E-state index in [-0.39, 0.29) is 11.7 Å². The Balaban J connectivity index is 2.30. The van der Waals surface area contributed by atoms with Gasteiger partial charge in [-0.25, -0.2) is 4.98 Å². The predicted octanol–water partition coefficient (Wildman–Crippen LogP) is 1.40. The predicted molar refractivity (Wildman–Crippen MR) is 61.1 cm³/mol. The Labute approximate surface area is 96.8 Å². The van der Waals surface area contributed by atoms with Crippen LogP contribution in [-0.4, -0.2) is 20.1 Å². The molecule has 3 N–H and O–H groups in total. The number of benzene rings is 1. The first-order valence-electron chi connectivity index (χ1n) is 5.00. The maximum Gasteiger partial charge on any atom is 0.269 e. The number of aromatic amines is 1. The van der Waals surface area contributed by atoms with E-state index in [0.29, 0.717) is 17.2 Å². The summed E-state index contributed by atoms with van der Waals surface area (Å²) >= 11 is 0. The highest BCUT2D eigenvalue weighted by Gasteiger charge is 2.10. The molecule has 0 spiro atoms. The Bertz CT molecular complexity index is 532. The van der Waals surface area contributed by atoms with E-state index in [0.717, 1.165) is 0 Å². The molecule has 2 rings (SSSR count). The fourth-order valence-corrected chi connectivity index (χ4v) is 1.34. The summed E-state index contributed by atoms with van der Waals surface area (Å²) in [5.41, 5.74) is 6.39. The summed E-state index contributed by atoms with van der Waals surface area (Å²) in [5, 5.41) is 17.2. The van der Waals surface area contributed by atoms with Crippen LogP contribution in [-0.2, 0) is 0 Å². The molecule has 0 aliphatic heterocycles. The molecule has 1 atom stereocenters. The van der Waals surface area contributed by atoms with Gasteiger partial charge in [-0.2, -0.15) is 5.10 Å². The van der Waals surface area contributed by atoms with Crippen molar-refractivity contribution in [2.75, 3.05) is 0 Å². The standard InChI is InChI=1S/C10H11N5O2/c1-6(11)9-12-10(14-13-9)7-2-4-8(5-3-7)15(16)17/h2-6H,11H2,1H3,(H,12,13,14)/t6-/m1/s1. The number of nitrogens with two attached hydrogens (primary N) is 1. The highest BCUT2D eigenvalue weighted by atomic mass is 16.6. The lowest BCUT2D eigenvalue weighted by molar-refractivity contribution is -0.384. The van der Waals surface area contributed by atoms with Crippen LogP contribution in [0.2, 0.25) is 0 Å². The van der Waals surface area contributed by atoms with Gasteiger partial charge in [-0.05, 0) is 19.1 Å². The Morgan fingerprint density at radius 1 is 1.41 bits per heavy atom. The lowest BCUT2D eigenvalue weighted by atomic mass is 10.2. The fraction of sp³-hybridized carbons (Fsp3) is 0.200. The van der Waals surface area contributed by atoms with Crippen molar-refractivity contribution in [2.24, 2.45) is 5.73 Å². The van der Waals surface area contributed by atoms with Crippen molar-refractivity contribution >= 4 is 5.69 Å². The van der Waals surface area contributed by atoms with Gasteiger partial charge in [0.25, 0.3) is 5.69 Å². The highest BCUT2D eigenvalue weighted by Crippen LogP contribution is 2.19.